The van der Waals surface area contributed by atoms with Gasteiger partial charge in [0.15, 0.2) is 6.10 Å². The maximum Gasteiger partial charge on any atom is 0.414 e. The van der Waals surface area contributed by atoms with Gasteiger partial charge < -0.3 is 30.0 Å². The fraction of sp³-hybridized carbons (Fsp3) is 0.526. The summed E-state index contributed by atoms with van der Waals surface area (Å²) in [5.74, 6) is -1.02. The van der Waals surface area contributed by atoms with Crippen LogP contribution < -0.4 is 20.2 Å². The molecule has 0 aromatic heterocycles. The molecule has 2 saturated heterocycles. The van der Waals surface area contributed by atoms with E-state index in [1.165, 1.54) is 18.1 Å². The van der Waals surface area contributed by atoms with Crippen molar-refractivity contribution in [3.63, 3.8) is 0 Å². The highest BCUT2D eigenvalue weighted by atomic mass is 19.1. The predicted molar refractivity (Wildman–Crippen MR) is 105 cm³/mol. The smallest absolute Gasteiger partial charge is 0.414 e. The zero-order valence-electron chi connectivity index (χ0n) is 17.0. The van der Waals surface area contributed by atoms with Crippen molar-refractivity contribution in [1.29, 1.82) is 0 Å². The molecule has 0 saturated carbocycles. The first-order valence-corrected chi connectivity index (χ1v) is 9.60. The van der Waals surface area contributed by atoms with Gasteiger partial charge in [0.05, 0.1) is 38.0 Å². The molecule has 3 rings (SSSR count). The fourth-order valence-corrected chi connectivity index (χ4v) is 3.67. The summed E-state index contributed by atoms with van der Waals surface area (Å²) >= 11 is 0. The third-order valence-corrected chi connectivity index (χ3v) is 5.36. The summed E-state index contributed by atoms with van der Waals surface area (Å²) in [5, 5.41) is 13.7. The first kappa shape index (κ1) is 21.8. The summed E-state index contributed by atoms with van der Waals surface area (Å²) in [7, 11) is 1.29. The number of quaternary nitrogens is 1. The summed E-state index contributed by atoms with van der Waals surface area (Å²) in [6.45, 7) is 3.95. The maximum absolute atomic E-state index is 14.8. The number of nitrogens with zero attached hydrogens (tertiary/aromatic N) is 2. The lowest BCUT2D eigenvalue weighted by atomic mass is 10.1. The van der Waals surface area contributed by atoms with Crippen molar-refractivity contribution in [2.75, 3.05) is 43.1 Å². The largest absolute Gasteiger partial charge is 0.627 e. The van der Waals surface area contributed by atoms with Crippen LogP contribution in [0.25, 0.3) is 0 Å². The zero-order chi connectivity index (χ0) is 22.0. The number of nitrogens with one attached hydrogen (secondary N) is 2. The number of cyclic esters (lactones) is 1. The molecule has 0 bridgehead atoms. The highest BCUT2D eigenvalue weighted by molar-refractivity contribution is 5.90. The maximum atomic E-state index is 14.8. The lowest BCUT2D eigenvalue weighted by molar-refractivity contribution is -0.768. The van der Waals surface area contributed by atoms with Crippen molar-refractivity contribution in [3.8, 4) is 0 Å². The molecule has 0 radical (unpaired) electrons. The summed E-state index contributed by atoms with van der Waals surface area (Å²) in [6.07, 6.45) is -1.98. The van der Waals surface area contributed by atoms with Gasteiger partial charge in [0.25, 0.3) is 0 Å². The topological polar surface area (TPSA) is 116 Å². The monoisotopic (exact) mass is 424 g/mol. The van der Waals surface area contributed by atoms with Crippen LogP contribution in [0.15, 0.2) is 18.2 Å². The van der Waals surface area contributed by atoms with Crippen molar-refractivity contribution in [2.45, 2.75) is 26.0 Å². The number of rotatable bonds is 5. The van der Waals surface area contributed by atoms with Crippen LogP contribution in [0.5, 0.6) is 0 Å². The highest BCUT2D eigenvalue weighted by Crippen LogP contribution is 2.31. The van der Waals surface area contributed by atoms with E-state index in [-0.39, 0.29) is 25.0 Å². The van der Waals surface area contributed by atoms with E-state index in [0.717, 1.165) is 6.92 Å². The molecule has 3 amide bonds. The number of alkyl carbamates (subject to hydrolysis) is 1. The van der Waals surface area contributed by atoms with Gasteiger partial charge >= 0.3 is 18.1 Å². The lowest BCUT2D eigenvalue weighted by Crippen LogP contribution is -3.10. The Hall–Kier alpha value is -2.92. The number of hydrogen-bond donors (Lipinski definition) is 2. The number of methoxy groups -OCH3 is 1. The molecular formula is C19H25FN4O6. The number of ether oxygens (including phenoxy) is 2. The summed E-state index contributed by atoms with van der Waals surface area (Å²) in [4.78, 5) is 37.8. The standard InChI is InChI=1S/C19H25FN4O6/c1-11-7-22(10-16(11)21-18(26)29-3)17-5-4-13(6-15(17)20)23-8-14(30-19(23)27)9-24(28)12(2)25/h4-6,11,14,16,24H,7-10H2,1-3H3,(H,21,26)/t11-,14+,16-/m1/s1. The normalized spacial score (nSPS) is 24.6. The van der Waals surface area contributed by atoms with Crippen molar-refractivity contribution < 1.29 is 33.3 Å². The van der Waals surface area contributed by atoms with Gasteiger partial charge in [-0.1, -0.05) is 6.92 Å². The molecule has 2 fully saturated rings. The van der Waals surface area contributed by atoms with Crippen LogP contribution in [0, 0.1) is 16.9 Å². The van der Waals surface area contributed by atoms with E-state index in [9.17, 15) is 24.0 Å². The summed E-state index contributed by atoms with van der Waals surface area (Å²) < 4.78 is 24.6. The van der Waals surface area contributed by atoms with E-state index >= 15 is 0 Å². The van der Waals surface area contributed by atoms with Gasteiger partial charge in [0.1, 0.15) is 12.4 Å². The van der Waals surface area contributed by atoms with E-state index < -0.39 is 35.1 Å². The van der Waals surface area contributed by atoms with Crippen LogP contribution in [0.2, 0.25) is 0 Å². The quantitative estimate of drug-likeness (QED) is 0.652. The molecule has 1 aromatic carbocycles. The number of halogens is 1. The van der Waals surface area contributed by atoms with Gasteiger partial charge in [-0.2, -0.15) is 0 Å². The zero-order valence-corrected chi connectivity index (χ0v) is 17.0. The van der Waals surface area contributed by atoms with Crippen LogP contribution in [0.4, 0.5) is 25.4 Å². The van der Waals surface area contributed by atoms with Gasteiger partial charge in [-0.3, -0.25) is 4.90 Å². The second-order valence-corrected chi connectivity index (χ2v) is 7.56. The van der Waals surface area contributed by atoms with Gasteiger partial charge in [-0.05, 0) is 24.1 Å². The molecule has 10 nitrogen and oxygen atoms in total. The van der Waals surface area contributed by atoms with Crippen LogP contribution in [-0.2, 0) is 14.3 Å². The minimum Gasteiger partial charge on any atom is -0.627 e. The number of amides is 3. The molecular weight excluding hydrogens is 399 g/mol. The van der Waals surface area contributed by atoms with E-state index in [2.05, 4.69) is 10.1 Å². The second-order valence-electron chi connectivity index (χ2n) is 7.56. The number of hydrogen-bond acceptors (Lipinski definition) is 7. The molecule has 1 unspecified atom stereocenters. The number of benzene rings is 1. The minimum atomic E-state index is -0.749. The van der Waals surface area contributed by atoms with E-state index in [0.29, 0.717) is 24.5 Å². The molecule has 0 spiro atoms. The Morgan fingerprint density at radius 3 is 2.73 bits per heavy atom. The van der Waals surface area contributed by atoms with Gasteiger partial charge in [-0.25, -0.2) is 18.8 Å². The molecule has 2 aliphatic rings. The van der Waals surface area contributed by atoms with Crippen LogP contribution >= 0.6 is 0 Å². The predicted octanol–water partition coefficient (Wildman–Crippen LogP) is 0.261. The first-order valence-electron chi connectivity index (χ1n) is 9.60. The Kier molecular flexibility index (Phi) is 6.42. The fourth-order valence-electron chi connectivity index (χ4n) is 3.67. The lowest BCUT2D eigenvalue weighted by Gasteiger charge is -2.21. The molecule has 2 aliphatic heterocycles. The van der Waals surface area contributed by atoms with Crippen LogP contribution in [0.3, 0.4) is 0 Å². The van der Waals surface area contributed by atoms with Crippen LogP contribution in [0.1, 0.15) is 13.8 Å². The van der Waals surface area contributed by atoms with E-state index in [4.69, 9.17) is 4.74 Å². The van der Waals surface area contributed by atoms with Crippen molar-refractivity contribution >= 4 is 29.5 Å². The number of hydroxylamine groups is 2. The number of carbonyl (C=O) groups excluding carboxylic acids is 3. The van der Waals surface area contributed by atoms with Gasteiger partial charge in [0, 0.05) is 13.1 Å². The van der Waals surface area contributed by atoms with E-state index in [1.807, 2.05) is 11.8 Å². The molecule has 0 aliphatic carbocycles. The Morgan fingerprint density at radius 1 is 1.37 bits per heavy atom. The Bertz CT molecular complexity index is 837. The molecule has 164 valence electrons. The molecule has 4 atom stereocenters. The molecule has 1 aromatic rings. The average molecular weight is 424 g/mol. The van der Waals surface area contributed by atoms with Crippen molar-refractivity contribution in [1.82, 2.24) is 5.32 Å². The number of anilines is 2. The molecule has 2 heterocycles. The second kappa shape index (κ2) is 8.84. The average Bonchev–Trinajstić information content (AvgIpc) is 3.23. The SMILES string of the molecule is COC(=O)N[C@@H]1CN(c2ccc(N3C[C@@H](C[NH+]([O-])C(C)=O)OC3=O)cc2F)C[C@H]1C. The van der Waals surface area contributed by atoms with Crippen molar-refractivity contribution in [3.05, 3.63) is 29.2 Å². The molecule has 30 heavy (non-hydrogen) atoms. The third kappa shape index (κ3) is 4.62. The van der Waals surface area contributed by atoms with Crippen molar-refractivity contribution in [2.24, 2.45) is 5.92 Å². The van der Waals surface area contributed by atoms with Gasteiger partial charge in [-0.15, -0.1) is 0 Å². The van der Waals surface area contributed by atoms with E-state index in [1.54, 1.807) is 12.1 Å². The Labute approximate surface area is 173 Å². The van der Waals surface area contributed by atoms with Crippen LogP contribution in [-0.4, -0.2) is 63.5 Å². The summed E-state index contributed by atoms with van der Waals surface area (Å²) in [5.41, 5.74) is 0.658. The number of carbonyl (C=O) groups is 3. The Balaban J connectivity index is 1.68. The van der Waals surface area contributed by atoms with Gasteiger partial charge in [0.2, 0.25) is 0 Å². The Morgan fingerprint density at radius 2 is 2.10 bits per heavy atom. The first-order chi connectivity index (χ1) is 14.2. The molecule has 11 heteroatoms. The minimum absolute atomic E-state index is 0.0580. The summed E-state index contributed by atoms with van der Waals surface area (Å²) in [6, 6.07) is 4.22. The highest BCUT2D eigenvalue weighted by Gasteiger charge is 2.36. The third-order valence-electron chi connectivity index (χ3n) is 5.36. The molecule has 2 N–H and O–H groups in total.